The first kappa shape index (κ1) is 17.7. The molecule has 1 aliphatic carbocycles. The molecular weight excluding hydrogens is 318 g/mol. The Labute approximate surface area is 149 Å². The SMILES string of the molecule is CN(CCOc1ccccc1)CN1C(=O)NC2(CCCCCC2)C1=O. The third-order valence-corrected chi connectivity index (χ3v) is 5.07. The largest absolute Gasteiger partial charge is 0.492 e. The molecule has 3 rings (SSSR count). The van der Waals surface area contributed by atoms with Crippen molar-refractivity contribution in [3.8, 4) is 5.75 Å². The van der Waals surface area contributed by atoms with E-state index in [1.807, 2.05) is 42.3 Å². The number of rotatable bonds is 6. The minimum absolute atomic E-state index is 0.0600. The molecule has 6 nitrogen and oxygen atoms in total. The Kier molecular flexibility index (Phi) is 5.58. The number of hydrogen-bond donors (Lipinski definition) is 1. The van der Waals surface area contributed by atoms with E-state index in [-0.39, 0.29) is 11.9 Å². The number of ether oxygens (including phenoxy) is 1. The molecule has 1 saturated carbocycles. The third-order valence-electron chi connectivity index (χ3n) is 5.07. The van der Waals surface area contributed by atoms with Gasteiger partial charge in [0.25, 0.3) is 5.91 Å². The number of hydrogen-bond acceptors (Lipinski definition) is 4. The Bertz CT molecular complexity index is 597. The fourth-order valence-corrected chi connectivity index (χ4v) is 3.62. The molecule has 1 aliphatic heterocycles. The molecule has 2 fully saturated rings. The standard InChI is InChI=1S/C19H27N3O3/c1-21(13-14-25-16-9-5-4-6-10-16)15-22-17(23)19(20-18(22)24)11-7-2-3-8-12-19/h4-6,9-10H,2-3,7-8,11-15H2,1H3,(H,20,24). The van der Waals surface area contributed by atoms with Crippen LogP contribution in [0.1, 0.15) is 38.5 Å². The van der Waals surface area contributed by atoms with Gasteiger partial charge in [-0.3, -0.25) is 9.69 Å². The molecule has 0 atom stereocenters. The Morgan fingerprint density at radius 2 is 1.80 bits per heavy atom. The lowest BCUT2D eigenvalue weighted by atomic mass is 9.90. The molecule has 0 bridgehead atoms. The summed E-state index contributed by atoms with van der Waals surface area (Å²) in [6.07, 6.45) is 5.80. The Balaban J connectivity index is 1.51. The number of benzene rings is 1. The Hall–Kier alpha value is -2.08. The summed E-state index contributed by atoms with van der Waals surface area (Å²) in [6.45, 7) is 1.44. The van der Waals surface area contributed by atoms with Crippen LogP contribution < -0.4 is 10.1 Å². The maximum absolute atomic E-state index is 12.9. The van der Waals surface area contributed by atoms with Gasteiger partial charge in [0, 0.05) is 6.54 Å². The average molecular weight is 345 g/mol. The molecule has 0 aromatic heterocycles. The van der Waals surface area contributed by atoms with E-state index in [1.165, 1.54) is 4.90 Å². The van der Waals surface area contributed by atoms with Crippen LogP contribution in [0.15, 0.2) is 30.3 Å². The summed E-state index contributed by atoms with van der Waals surface area (Å²) < 4.78 is 5.68. The van der Waals surface area contributed by atoms with Gasteiger partial charge in [-0.1, -0.05) is 43.9 Å². The average Bonchev–Trinajstić information content (AvgIpc) is 2.77. The number of nitrogens with one attached hydrogen (secondary N) is 1. The van der Waals surface area contributed by atoms with Gasteiger partial charge in [0.1, 0.15) is 17.9 Å². The quantitative estimate of drug-likeness (QED) is 0.805. The van der Waals surface area contributed by atoms with E-state index in [2.05, 4.69) is 5.32 Å². The third kappa shape index (κ3) is 4.12. The van der Waals surface area contributed by atoms with Crippen LogP contribution in [-0.4, -0.2) is 54.1 Å². The number of likely N-dealkylation sites (N-methyl/N-ethyl adjacent to an activating group) is 1. The summed E-state index contributed by atoms with van der Waals surface area (Å²) in [5.74, 6) is 0.763. The van der Waals surface area contributed by atoms with E-state index < -0.39 is 5.54 Å². The normalized spacial score (nSPS) is 20.0. The second-order valence-electron chi connectivity index (χ2n) is 7.04. The van der Waals surface area contributed by atoms with Gasteiger partial charge in [-0.05, 0) is 32.0 Å². The molecule has 25 heavy (non-hydrogen) atoms. The van der Waals surface area contributed by atoms with Gasteiger partial charge in [-0.25, -0.2) is 9.69 Å². The van der Waals surface area contributed by atoms with Crippen molar-refractivity contribution in [1.29, 1.82) is 0 Å². The van der Waals surface area contributed by atoms with Crippen molar-refractivity contribution in [3.05, 3.63) is 30.3 Å². The number of para-hydroxylation sites is 1. The van der Waals surface area contributed by atoms with Crippen molar-refractivity contribution in [2.45, 2.75) is 44.1 Å². The van der Waals surface area contributed by atoms with Crippen molar-refractivity contribution in [2.75, 3.05) is 26.9 Å². The first-order valence-electron chi connectivity index (χ1n) is 9.11. The summed E-state index contributed by atoms with van der Waals surface area (Å²) in [6, 6.07) is 9.36. The maximum Gasteiger partial charge on any atom is 0.326 e. The lowest BCUT2D eigenvalue weighted by Gasteiger charge is -2.26. The highest BCUT2D eigenvalue weighted by atomic mass is 16.5. The van der Waals surface area contributed by atoms with Crippen LogP contribution >= 0.6 is 0 Å². The molecule has 2 aliphatic rings. The Morgan fingerprint density at radius 1 is 1.12 bits per heavy atom. The summed E-state index contributed by atoms with van der Waals surface area (Å²) in [7, 11) is 1.90. The van der Waals surface area contributed by atoms with Gasteiger partial charge in [0.2, 0.25) is 0 Å². The zero-order valence-corrected chi connectivity index (χ0v) is 14.9. The van der Waals surface area contributed by atoms with Gasteiger partial charge < -0.3 is 10.1 Å². The van der Waals surface area contributed by atoms with E-state index in [1.54, 1.807) is 0 Å². The van der Waals surface area contributed by atoms with Gasteiger partial charge in [0.05, 0.1) is 6.67 Å². The number of amides is 3. The smallest absolute Gasteiger partial charge is 0.326 e. The van der Waals surface area contributed by atoms with Crippen molar-refractivity contribution < 1.29 is 14.3 Å². The minimum atomic E-state index is -0.658. The Morgan fingerprint density at radius 3 is 2.48 bits per heavy atom. The van der Waals surface area contributed by atoms with Crippen LogP contribution in [0.2, 0.25) is 0 Å². The number of imide groups is 1. The van der Waals surface area contributed by atoms with Crippen LogP contribution in [0, 0.1) is 0 Å². The van der Waals surface area contributed by atoms with Crippen molar-refractivity contribution in [3.63, 3.8) is 0 Å². The van der Waals surface area contributed by atoms with E-state index in [4.69, 9.17) is 4.74 Å². The lowest BCUT2D eigenvalue weighted by Crippen LogP contribution is -2.47. The maximum atomic E-state index is 12.9. The van der Waals surface area contributed by atoms with Crippen molar-refractivity contribution >= 4 is 11.9 Å². The number of carbonyl (C=O) groups is 2. The van der Waals surface area contributed by atoms with Crippen molar-refractivity contribution in [1.82, 2.24) is 15.1 Å². The van der Waals surface area contributed by atoms with E-state index >= 15 is 0 Å². The second-order valence-corrected chi connectivity index (χ2v) is 7.04. The van der Waals surface area contributed by atoms with Gasteiger partial charge in [-0.15, -0.1) is 0 Å². The van der Waals surface area contributed by atoms with Gasteiger partial charge in [-0.2, -0.15) is 0 Å². The molecule has 6 heteroatoms. The van der Waals surface area contributed by atoms with Crippen LogP contribution in [-0.2, 0) is 4.79 Å². The number of urea groups is 1. The number of nitrogens with zero attached hydrogens (tertiary/aromatic N) is 2. The predicted molar refractivity (Wildman–Crippen MR) is 95.2 cm³/mol. The lowest BCUT2D eigenvalue weighted by molar-refractivity contribution is -0.133. The molecule has 1 spiro atoms. The molecule has 1 heterocycles. The molecule has 0 unspecified atom stereocenters. The molecule has 1 N–H and O–H groups in total. The molecular formula is C19H27N3O3. The summed E-state index contributed by atoms with van der Waals surface area (Å²) in [5, 5.41) is 2.98. The van der Waals surface area contributed by atoms with E-state index in [9.17, 15) is 9.59 Å². The molecule has 1 saturated heterocycles. The zero-order valence-electron chi connectivity index (χ0n) is 14.9. The van der Waals surface area contributed by atoms with Gasteiger partial charge >= 0.3 is 6.03 Å². The number of carbonyl (C=O) groups excluding carboxylic acids is 2. The van der Waals surface area contributed by atoms with E-state index in [0.29, 0.717) is 19.8 Å². The minimum Gasteiger partial charge on any atom is -0.492 e. The highest BCUT2D eigenvalue weighted by molar-refractivity contribution is 6.07. The van der Waals surface area contributed by atoms with Crippen LogP contribution in [0.5, 0.6) is 5.75 Å². The molecule has 1 aromatic rings. The fourth-order valence-electron chi connectivity index (χ4n) is 3.62. The fraction of sp³-hybridized carbons (Fsp3) is 0.579. The molecule has 3 amide bonds. The van der Waals surface area contributed by atoms with Crippen LogP contribution in [0.4, 0.5) is 4.79 Å². The molecule has 0 radical (unpaired) electrons. The summed E-state index contributed by atoms with van der Waals surface area (Å²) in [5.41, 5.74) is -0.658. The highest BCUT2D eigenvalue weighted by Crippen LogP contribution is 2.32. The topological polar surface area (TPSA) is 61.9 Å². The summed E-state index contributed by atoms with van der Waals surface area (Å²) in [4.78, 5) is 28.5. The first-order chi connectivity index (χ1) is 12.1. The van der Waals surface area contributed by atoms with E-state index in [0.717, 1.165) is 44.3 Å². The second kappa shape index (κ2) is 7.87. The predicted octanol–water partition coefficient (Wildman–Crippen LogP) is 2.60. The highest BCUT2D eigenvalue weighted by Gasteiger charge is 2.50. The first-order valence-corrected chi connectivity index (χ1v) is 9.11. The van der Waals surface area contributed by atoms with Crippen LogP contribution in [0.25, 0.3) is 0 Å². The van der Waals surface area contributed by atoms with Crippen LogP contribution in [0.3, 0.4) is 0 Å². The molecule has 1 aromatic carbocycles. The van der Waals surface area contributed by atoms with Gasteiger partial charge in [0.15, 0.2) is 0 Å². The monoisotopic (exact) mass is 345 g/mol. The van der Waals surface area contributed by atoms with Crippen molar-refractivity contribution in [2.24, 2.45) is 0 Å². The molecule has 136 valence electrons. The zero-order chi connectivity index (χ0) is 17.7. The summed E-state index contributed by atoms with van der Waals surface area (Å²) >= 11 is 0.